The van der Waals surface area contributed by atoms with Crippen LogP contribution in [0.2, 0.25) is 0 Å². The summed E-state index contributed by atoms with van der Waals surface area (Å²) in [6, 6.07) is 6.03. The standard InChI is InChI=1S/C17H21FN2O2/c1-3-12(2)10-19-16(21)9-6-14-11-20-22-17(14)13-4-7-15(18)8-5-13/h4-5,7-8,11-12H,3,6,9-10H2,1-2H3,(H,19,21). The van der Waals surface area contributed by atoms with Gasteiger partial charge in [-0.05, 0) is 36.6 Å². The van der Waals surface area contributed by atoms with Crippen LogP contribution in [0, 0.1) is 11.7 Å². The van der Waals surface area contributed by atoms with E-state index in [0.29, 0.717) is 31.1 Å². The molecule has 1 aromatic carbocycles. The summed E-state index contributed by atoms with van der Waals surface area (Å²) in [5.41, 5.74) is 1.61. The van der Waals surface area contributed by atoms with Gasteiger partial charge >= 0.3 is 0 Å². The summed E-state index contributed by atoms with van der Waals surface area (Å²) in [5, 5.41) is 6.71. The first-order chi connectivity index (χ1) is 10.6. The Hall–Kier alpha value is -2.17. The van der Waals surface area contributed by atoms with Crippen LogP contribution in [0.5, 0.6) is 0 Å². The van der Waals surface area contributed by atoms with Crippen molar-refractivity contribution in [1.29, 1.82) is 0 Å². The second-order valence-corrected chi connectivity index (χ2v) is 5.50. The van der Waals surface area contributed by atoms with Crippen LogP contribution >= 0.6 is 0 Å². The minimum atomic E-state index is -0.297. The number of aromatic nitrogens is 1. The predicted octanol–water partition coefficient (Wildman–Crippen LogP) is 3.58. The molecule has 0 radical (unpaired) electrons. The van der Waals surface area contributed by atoms with Gasteiger partial charge in [-0.25, -0.2) is 4.39 Å². The van der Waals surface area contributed by atoms with E-state index in [2.05, 4.69) is 24.3 Å². The second-order valence-electron chi connectivity index (χ2n) is 5.50. The second kappa shape index (κ2) is 7.73. The lowest BCUT2D eigenvalue weighted by atomic mass is 10.0. The van der Waals surface area contributed by atoms with E-state index in [1.807, 2.05) is 0 Å². The Labute approximate surface area is 129 Å². The molecule has 0 aliphatic rings. The fraction of sp³-hybridized carbons (Fsp3) is 0.412. The van der Waals surface area contributed by atoms with Gasteiger partial charge < -0.3 is 9.84 Å². The Morgan fingerprint density at radius 1 is 1.36 bits per heavy atom. The minimum absolute atomic E-state index is 0.0200. The highest BCUT2D eigenvalue weighted by molar-refractivity contribution is 5.76. The van der Waals surface area contributed by atoms with Crippen molar-refractivity contribution in [3.8, 4) is 11.3 Å². The molecule has 2 rings (SSSR count). The maximum absolute atomic E-state index is 13.0. The molecule has 4 nitrogen and oxygen atoms in total. The summed E-state index contributed by atoms with van der Waals surface area (Å²) in [6.07, 6.45) is 3.58. The molecule has 118 valence electrons. The maximum atomic E-state index is 13.0. The Morgan fingerprint density at radius 3 is 2.77 bits per heavy atom. The number of hydrogen-bond acceptors (Lipinski definition) is 3. The van der Waals surface area contributed by atoms with Crippen molar-refractivity contribution in [3.05, 3.63) is 41.8 Å². The molecule has 22 heavy (non-hydrogen) atoms. The van der Waals surface area contributed by atoms with E-state index in [-0.39, 0.29) is 11.7 Å². The SMILES string of the molecule is CCC(C)CNC(=O)CCc1cnoc1-c1ccc(F)cc1. The van der Waals surface area contributed by atoms with Crippen LogP contribution < -0.4 is 5.32 Å². The van der Waals surface area contributed by atoms with E-state index in [1.54, 1.807) is 18.3 Å². The summed E-state index contributed by atoms with van der Waals surface area (Å²) in [5.74, 6) is 0.796. The molecule has 1 unspecified atom stereocenters. The van der Waals surface area contributed by atoms with Crippen LogP contribution in [-0.4, -0.2) is 17.6 Å². The lowest BCUT2D eigenvalue weighted by Gasteiger charge is -2.09. The number of nitrogens with one attached hydrogen (secondary N) is 1. The predicted molar refractivity (Wildman–Crippen MR) is 82.7 cm³/mol. The first-order valence-corrected chi connectivity index (χ1v) is 7.56. The molecule has 0 saturated heterocycles. The molecule has 1 amide bonds. The summed E-state index contributed by atoms with van der Waals surface area (Å²) >= 11 is 0. The zero-order chi connectivity index (χ0) is 15.9. The lowest BCUT2D eigenvalue weighted by molar-refractivity contribution is -0.121. The smallest absolute Gasteiger partial charge is 0.220 e. The van der Waals surface area contributed by atoms with Crippen LogP contribution in [0.15, 0.2) is 35.0 Å². The number of amides is 1. The van der Waals surface area contributed by atoms with E-state index in [1.165, 1.54) is 12.1 Å². The van der Waals surface area contributed by atoms with Crippen LogP contribution in [-0.2, 0) is 11.2 Å². The fourth-order valence-corrected chi connectivity index (χ4v) is 2.05. The molecule has 1 atom stereocenters. The average Bonchev–Trinajstić information content (AvgIpc) is 2.99. The molecule has 0 saturated carbocycles. The van der Waals surface area contributed by atoms with Crippen molar-refractivity contribution in [3.63, 3.8) is 0 Å². The number of carbonyl (C=O) groups is 1. The van der Waals surface area contributed by atoms with Gasteiger partial charge in [0.25, 0.3) is 0 Å². The summed E-state index contributed by atoms with van der Waals surface area (Å²) in [7, 11) is 0. The van der Waals surface area contributed by atoms with Gasteiger partial charge in [0.2, 0.25) is 5.91 Å². The Morgan fingerprint density at radius 2 is 2.09 bits per heavy atom. The highest BCUT2D eigenvalue weighted by atomic mass is 19.1. The number of hydrogen-bond donors (Lipinski definition) is 1. The van der Waals surface area contributed by atoms with E-state index >= 15 is 0 Å². The minimum Gasteiger partial charge on any atom is -0.356 e. The van der Waals surface area contributed by atoms with Gasteiger partial charge in [0.05, 0.1) is 6.20 Å². The monoisotopic (exact) mass is 304 g/mol. The summed E-state index contributed by atoms with van der Waals surface area (Å²) in [6.45, 7) is 4.90. The summed E-state index contributed by atoms with van der Waals surface area (Å²) in [4.78, 5) is 11.8. The number of aryl methyl sites for hydroxylation is 1. The van der Waals surface area contributed by atoms with Gasteiger partial charge in [-0.15, -0.1) is 0 Å². The van der Waals surface area contributed by atoms with Crippen molar-refractivity contribution in [2.75, 3.05) is 6.54 Å². The van der Waals surface area contributed by atoms with Crippen LogP contribution in [0.3, 0.4) is 0 Å². The molecular formula is C17H21FN2O2. The first-order valence-electron chi connectivity index (χ1n) is 7.56. The van der Waals surface area contributed by atoms with Gasteiger partial charge in [-0.3, -0.25) is 4.79 Å². The molecular weight excluding hydrogens is 283 g/mol. The van der Waals surface area contributed by atoms with E-state index in [9.17, 15) is 9.18 Å². The Kier molecular flexibility index (Phi) is 5.69. The zero-order valence-corrected chi connectivity index (χ0v) is 12.9. The third-order valence-electron chi connectivity index (χ3n) is 3.72. The Balaban J connectivity index is 1.93. The molecule has 5 heteroatoms. The fourth-order valence-electron chi connectivity index (χ4n) is 2.05. The number of benzene rings is 1. The maximum Gasteiger partial charge on any atom is 0.220 e. The van der Waals surface area contributed by atoms with E-state index in [4.69, 9.17) is 4.52 Å². The number of halogens is 1. The van der Waals surface area contributed by atoms with Crippen molar-refractivity contribution in [2.24, 2.45) is 5.92 Å². The molecule has 0 aliphatic carbocycles. The van der Waals surface area contributed by atoms with Gasteiger partial charge in [0.1, 0.15) is 5.82 Å². The molecule has 1 N–H and O–H groups in total. The zero-order valence-electron chi connectivity index (χ0n) is 12.9. The third kappa shape index (κ3) is 4.41. The molecule has 2 aromatic rings. The molecule has 1 aromatic heterocycles. The van der Waals surface area contributed by atoms with Gasteiger partial charge in [-0.1, -0.05) is 25.4 Å². The molecule has 0 bridgehead atoms. The van der Waals surface area contributed by atoms with E-state index in [0.717, 1.165) is 17.5 Å². The lowest BCUT2D eigenvalue weighted by Crippen LogP contribution is -2.28. The van der Waals surface area contributed by atoms with Gasteiger partial charge in [0.15, 0.2) is 5.76 Å². The van der Waals surface area contributed by atoms with Crippen LogP contribution in [0.1, 0.15) is 32.3 Å². The number of carbonyl (C=O) groups excluding carboxylic acids is 1. The number of nitrogens with zero attached hydrogens (tertiary/aromatic N) is 1. The molecule has 1 heterocycles. The number of rotatable bonds is 7. The van der Waals surface area contributed by atoms with E-state index < -0.39 is 0 Å². The van der Waals surface area contributed by atoms with Crippen molar-refractivity contribution >= 4 is 5.91 Å². The Bertz CT molecular complexity index is 607. The van der Waals surface area contributed by atoms with Gasteiger partial charge in [0, 0.05) is 24.1 Å². The van der Waals surface area contributed by atoms with Crippen LogP contribution in [0.4, 0.5) is 4.39 Å². The molecule has 0 spiro atoms. The highest BCUT2D eigenvalue weighted by Crippen LogP contribution is 2.24. The normalized spacial score (nSPS) is 12.1. The average molecular weight is 304 g/mol. The summed E-state index contributed by atoms with van der Waals surface area (Å²) < 4.78 is 18.2. The quantitative estimate of drug-likeness (QED) is 0.850. The van der Waals surface area contributed by atoms with Crippen molar-refractivity contribution in [1.82, 2.24) is 10.5 Å². The topological polar surface area (TPSA) is 55.1 Å². The third-order valence-corrected chi connectivity index (χ3v) is 3.72. The van der Waals surface area contributed by atoms with Crippen molar-refractivity contribution in [2.45, 2.75) is 33.1 Å². The molecule has 0 aliphatic heterocycles. The van der Waals surface area contributed by atoms with Gasteiger partial charge in [-0.2, -0.15) is 0 Å². The van der Waals surface area contributed by atoms with Crippen LogP contribution in [0.25, 0.3) is 11.3 Å². The first kappa shape index (κ1) is 16.2. The molecule has 0 fully saturated rings. The van der Waals surface area contributed by atoms with Crippen molar-refractivity contribution < 1.29 is 13.7 Å². The largest absolute Gasteiger partial charge is 0.356 e. The highest BCUT2D eigenvalue weighted by Gasteiger charge is 2.13.